The number of nitrogens with one attached hydrogen (secondary N) is 1. The molecule has 86 valence electrons. The summed E-state index contributed by atoms with van der Waals surface area (Å²) in [5.74, 6) is 0. The minimum atomic E-state index is -3.44. The Kier molecular flexibility index (Phi) is 9.01. The highest BCUT2D eigenvalue weighted by Crippen LogP contribution is 2.36. The molecule has 0 bridgehead atoms. The fourth-order valence-electron chi connectivity index (χ4n) is 0.900. The molecular weight excluding hydrogens is 223 g/mol. The summed E-state index contributed by atoms with van der Waals surface area (Å²) in [5.41, 5.74) is 5.33. The average Bonchev–Trinajstić information content (AvgIpc) is 2.08. The second-order valence-corrected chi connectivity index (χ2v) is 5.59. The van der Waals surface area contributed by atoms with E-state index in [1.807, 2.05) is 0 Å². The minimum Gasteiger partial charge on any atom is -0.330 e. The normalized spacial score (nSPS) is 11.9. The molecule has 0 rings (SSSR count). The third kappa shape index (κ3) is 12.4. The molecule has 0 saturated carbocycles. The van der Waals surface area contributed by atoms with E-state index >= 15 is 0 Å². The Morgan fingerprint density at radius 3 is 2.43 bits per heavy atom. The summed E-state index contributed by atoms with van der Waals surface area (Å²) in [6, 6.07) is 0. The van der Waals surface area contributed by atoms with E-state index in [4.69, 9.17) is 15.5 Å². The van der Waals surface area contributed by atoms with Gasteiger partial charge in [0.15, 0.2) is 0 Å². The molecule has 0 aromatic heterocycles. The Hall–Kier alpha value is 0.450. The van der Waals surface area contributed by atoms with Crippen molar-refractivity contribution in [2.75, 3.05) is 26.2 Å². The van der Waals surface area contributed by atoms with Gasteiger partial charge in [-0.15, -0.1) is 0 Å². The van der Waals surface area contributed by atoms with Crippen molar-refractivity contribution < 1.29 is 14.3 Å². The number of nitrogens with two attached hydrogens (primary N) is 1. The maximum atomic E-state index is 8.72. The summed E-state index contributed by atoms with van der Waals surface area (Å²) in [6.07, 6.45) is 2.81. The molecule has 0 fully saturated rings. The van der Waals surface area contributed by atoms with Crippen molar-refractivity contribution in [1.82, 2.24) is 5.32 Å². The van der Waals surface area contributed by atoms with E-state index in [1.165, 1.54) is 0 Å². The van der Waals surface area contributed by atoms with Crippen LogP contribution in [0.1, 0.15) is 19.3 Å². The van der Waals surface area contributed by atoms with Gasteiger partial charge in [-0.3, -0.25) is 0 Å². The minimum absolute atomic E-state index is 0.286. The first kappa shape index (κ1) is 14.5. The molecule has 5 nitrogen and oxygen atoms in total. The first-order valence-corrected chi connectivity index (χ1v) is 7.29. The van der Waals surface area contributed by atoms with Crippen molar-refractivity contribution in [1.29, 1.82) is 0 Å². The molecule has 0 aliphatic carbocycles. The summed E-state index contributed by atoms with van der Waals surface area (Å²) in [5, 5.41) is 3.19. The van der Waals surface area contributed by atoms with Crippen LogP contribution in [0.15, 0.2) is 0 Å². The molecule has 0 aliphatic rings. The zero-order valence-corrected chi connectivity index (χ0v) is 9.90. The van der Waals surface area contributed by atoms with Gasteiger partial charge in [-0.1, -0.05) is 0 Å². The molecule has 7 heteroatoms. The van der Waals surface area contributed by atoms with Crippen molar-refractivity contribution in [3.05, 3.63) is 0 Å². The van der Waals surface area contributed by atoms with Crippen LogP contribution in [-0.2, 0) is 16.3 Å². The van der Waals surface area contributed by atoms with Gasteiger partial charge in [0.1, 0.15) is 0 Å². The fourth-order valence-corrected chi connectivity index (χ4v) is 1.49. The maximum Gasteiger partial charge on any atom is 0.321 e. The van der Waals surface area contributed by atoms with Gasteiger partial charge < -0.3 is 25.4 Å². The van der Waals surface area contributed by atoms with Gasteiger partial charge in [0.25, 0.3) is 0 Å². The third-order valence-corrected chi connectivity index (χ3v) is 2.40. The van der Waals surface area contributed by atoms with Crippen molar-refractivity contribution >= 4 is 18.5 Å². The summed E-state index contributed by atoms with van der Waals surface area (Å²) >= 11 is 4.29. The molecule has 0 saturated heterocycles. The molecule has 0 unspecified atom stereocenters. The summed E-state index contributed by atoms with van der Waals surface area (Å²) < 4.78 is 4.63. The zero-order chi connectivity index (χ0) is 10.9. The lowest BCUT2D eigenvalue weighted by molar-refractivity contribution is 0.247. The SMILES string of the molecule is NCCCCNCCCOP(O)(O)=S. The Morgan fingerprint density at radius 2 is 1.86 bits per heavy atom. The third-order valence-electron chi connectivity index (χ3n) is 1.57. The zero-order valence-electron chi connectivity index (χ0n) is 8.19. The van der Waals surface area contributed by atoms with Crippen molar-refractivity contribution in [3.63, 3.8) is 0 Å². The second kappa shape index (κ2) is 8.73. The van der Waals surface area contributed by atoms with Crippen LogP contribution < -0.4 is 11.1 Å². The Morgan fingerprint density at radius 1 is 1.21 bits per heavy atom. The molecule has 0 radical (unpaired) electrons. The number of unbranched alkanes of at least 4 members (excludes halogenated alkanes) is 1. The lowest BCUT2D eigenvalue weighted by Gasteiger charge is -2.08. The highest BCUT2D eigenvalue weighted by molar-refractivity contribution is 8.06. The lowest BCUT2D eigenvalue weighted by Crippen LogP contribution is -2.18. The van der Waals surface area contributed by atoms with Crippen LogP contribution >= 0.6 is 6.72 Å². The fraction of sp³-hybridized carbons (Fsp3) is 1.00. The van der Waals surface area contributed by atoms with Crippen LogP contribution in [0.5, 0.6) is 0 Å². The van der Waals surface area contributed by atoms with E-state index in [0.717, 1.165) is 38.9 Å². The summed E-state index contributed by atoms with van der Waals surface area (Å²) in [6.45, 7) is -0.706. The predicted molar refractivity (Wildman–Crippen MR) is 60.4 cm³/mol. The number of hydrogen-bond donors (Lipinski definition) is 4. The van der Waals surface area contributed by atoms with Crippen LogP contribution in [0.2, 0.25) is 0 Å². The molecule has 0 heterocycles. The molecule has 0 aliphatic heterocycles. The monoisotopic (exact) mass is 242 g/mol. The molecule has 5 N–H and O–H groups in total. The van der Waals surface area contributed by atoms with E-state index < -0.39 is 6.72 Å². The van der Waals surface area contributed by atoms with Crippen molar-refractivity contribution in [2.24, 2.45) is 5.73 Å². The van der Waals surface area contributed by atoms with Crippen LogP contribution in [0.25, 0.3) is 0 Å². The number of hydrogen-bond acceptors (Lipinski definition) is 4. The highest BCUT2D eigenvalue weighted by Gasteiger charge is 2.05. The molecular formula is C7H19N2O3PS. The van der Waals surface area contributed by atoms with E-state index in [-0.39, 0.29) is 6.61 Å². The molecule has 0 spiro atoms. The molecule has 0 aromatic rings. The molecule has 0 aromatic carbocycles. The van der Waals surface area contributed by atoms with Gasteiger partial charge >= 0.3 is 6.72 Å². The summed E-state index contributed by atoms with van der Waals surface area (Å²) in [4.78, 5) is 17.4. The van der Waals surface area contributed by atoms with Crippen LogP contribution in [-0.4, -0.2) is 36.0 Å². The van der Waals surface area contributed by atoms with Gasteiger partial charge in [-0.05, 0) is 50.7 Å². The smallest absolute Gasteiger partial charge is 0.321 e. The Labute approximate surface area is 89.9 Å². The van der Waals surface area contributed by atoms with Gasteiger partial charge in [0.05, 0.1) is 6.61 Å². The number of rotatable bonds is 9. The van der Waals surface area contributed by atoms with E-state index in [9.17, 15) is 0 Å². The summed E-state index contributed by atoms with van der Waals surface area (Å²) in [7, 11) is 0. The highest BCUT2D eigenvalue weighted by atomic mass is 32.5. The largest absolute Gasteiger partial charge is 0.330 e. The van der Waals surface area contributed by atoms with Gasteiger partial charge in [0, 0.05) is 0 Å². The Bertz CT molecular complexity index is 176. The maximum absolute atomic E-state index is 8.72. The topological polar surface area (TPSA) is 87.7 Å². The van der Waals surface area contributed by atoms with Gasteiger partial charge in [0.2, 0.25) is 0 Å². The molecule has 0 amide bonds. The van der Waals surface area contributed by atoms with Crippen LogP contribution in [0.3, 0.4) is 0 Å². The standard InChI is InChI=1S/C7H19N2O3PS/c8-4-1-2-5-9-6-3-7-12-13(10,11)14/h9H,1-8H2,(H2,10,11,14). The first-order chi connectivity index (χ1) is 6.56. The molecule has 14 heavy (non-hydrogen) atoms. The molecule has 0 atom stereocenters. The van der Waals surface area contributed by atoms with Crippen LogP contribution in [0, 0.1) is 0 Å². The quantitative estimate of drug-likeness (QED) is 0.334. The average molecular weight is 242 g/mol. The van der Waals surface area contributed by atoms with E-state index in [0.29, 0.717) is 0 Å². The lowest BCUT2D eigenvalue weighted by atomic mass is 10.3. The van der Waals surface area contributed by atoms with Crippen molar-refractivity contribution in [2.45, 2.75) is 19.3 Å². The predicted octanol–water partition coefficient (Wildman–Crippen LogP) is -0.0693. The van der Waals surface area contributed by atoms with Crippen molar-refractivity contribution in [3.8, 4) is 0 Å². The second-order valence-electron chi connectivity index (χ2n) is 2.92. The first-order valence-electron chi connectivity index (χ1n) is 4.67. The van der Waals surface area contributed by atoms with E-state index in [2.05, 4.69) is 21.6 Å². The van der Waals surface area contributed by atoms with Gasteiger partial charge in [-0.2, -0.15) is 0 Å². The van der Waals surface area contributed by atoms with E-state index in [1.54, 1.807) is 0 Å². The Balaban J connectivity index is 3.03. The van der Waals surface area contributed by atoms with Gasteiger partial charge in [-0.25, -0.2) is 0 Å². The van der Waals surface area contributed by atoms with Crippen LogP contribution in [0.4, 0.5) is 0 Å².